The lowest BCUT2D eigenvalue weighted by molar-refractivity contribution is -0.121. The standard InChI is InChI=1S/C13H19ClN2O/c1-5-15-13(3,4)12(17)16-11-8-9(2)6-7-10(11)14/h6-8,15H,5H2,1-4H3,(H,16,17). The van der Waals surface area contributed by atoms with Crippen molar-refractivity contribution >= 4 is 23.2 Å². The molecule has 1 aromatic rings. The van der Waals surface area contributed by atoms with Crippen molar-refractivity contribution < 1.29 is 4.79 Å². The van der Waals surface area contributed by atoms with Crippen LogP contribution in [0.25, 0.3) is 0 Å². The first kappa shape index (κ1) is 14.0. The van der Waals surface area contributed by atoms with Gasteiger partial charge in [-0.15, -0.1) is 0 Å². The number of hydrogen-bond donors (Lipinski definition) is 2. The lowest BCUT2D eigenvalue weighted by atomic mass is 10.0. The van der Waals surface area contributed by atoms with Gasteiger partial charge in [-0.3, -0.25) is 4.79 Å². The van der Waals surface area contributed by atoms with Crippen molar-refractivity contribution in [3.63, 3.8) is 0 Å². The van der Waals surface area contributed by atoms with Gasteiger partial charge in [-0.25, -0.2) is 0 Å². The van der Waals surface area contributed by atoms with Crippen LogP contribution in [-0.2, 0) is 4.79 Å². The summed E-state index contributed by atoms with van der Waals surface area (Å²) in [4.78, 5) is 12.1. The predicted octanol–water partition coefficient (Wildman–Crippen LogP) is 2.98. The van der Waals surface area contributed by atoms with Crippen molar-refractivity contribution in [2.24, 2.45) is 0 Å². The zero-order valence-electron chi connectivity index (χ0n) is 10.7. The summed E-state index contributed by atoms with van der Waals surface area (Å²) in [6.07, 6.45) is 0. The molecule has 0 aliphatic rings. The second-order valence-electron chi connectivity index (χ2n) is 4.59. The molecular weight excluding hydrogens is 236 g/mol. The fourth-order valence-corrected chi connectivity index (χ4v) is 1.70. The van der Waals surface area contributed by atoms with Gasteiger partial charge in [0.1, 0.15) is 0 Å². The molecule has 2 N–H and O–H groups in total. The monoisotopic (exact) mass is 254 g/mol. The van der Waals surface area contributed by atoms with Crippen molar-refractivity contribution in [2.75, 3.05) is 11.9 Å². The molecule has 1 aromatic carbocycles. The summed E-state index contributed by atoms with van der Waals surface area (Å²) >= 11 is 6.03. The number of benzene rings is 1. The third-order valence-electron chi connectivity index (χ3n) is 2.56. The Hall–Kier alpha value is -1.06. The van der Waals surface area contributed by atoms with Crippen molar-refractivity contribution in [1.82, 2.24) is 5.32 Å². The molecule has 0 aliphatic heterocycles. The molecule has 3 nitrogen and oxygen atoms in total. The minimum absolute atomic E-state index is 0.0909. The molecule has 94 valence electrons. The van der Waals surface area contributed by atoms with Crippen molar-refractivity contribution in [3.05, 3.63) is 28.8 Å². The Balaban J connectivity index is 2.84. The largest absolute Gasteiger partial charge is 0.323 e. The summed E-state index contributed by atoms with van der Waals surface area (Å²) in [6.45, 7) is 8.35. The number of halogens is 1. The van der Waals surface area contributed by atoms with Crippen LogP contribution in [0.1, 0.15) is 26.3 Å². The van der Waals surface area contributed by atoms with E-state index in [-0.39, 0.29) is 5.91 Å². The summed E-state index contributed by atoms with van der Waals surface area (Å²) < 4.78 is 0. The van der Waals surface area contributed by atoms with Crippen LogP contribution in [0.15, 0.2) is 18.2 Å². The molecule has 1 rings (SSSR count). The summed E-state index contributed by atoms with van der Waals surface area (Å²) in [5.41, 5.74) is 1.11. The van der Waals surface area contributed by atoms with Gasteiger partial charge in [-0.1, -0.05) is 24.6 Å². The second-order valence-corrected chi connectivity index (χ2v) is 5.00. The first-order valence-electron chi connectivity index (χ1n) is 5.69. The molecule has 0 atom stereocenters. The van der Waals surface area contributed by atoms with Gasteiger partial charge in [0.2, 0.25) is 5.91 Å². The number of carbonyl (C=O) groups is 1. The van der Waals surface area contributed by atoms with Crippen LogP contribution in [0.2, 0.25) is 5.02 Å². The van der Waals surface area contributed by atoms with Crippen molar-refractivity contribution in [3.8, 4) is 0 Å². The molecule has 1 amide bonds. The number of anilines is 1. The zero-order chi connectivity index (χ0) is 13.1. The van der Waals surface area contributed by atoms with Crippen molar-refractivity contribution in [2.45, 2.75) is 33.2 Å². The van der Waals surface area contributed by atoms with Crippen molar-refractivity contribution in [1.29, 1.82) is 0 Å². The van der Waals surface area contributed by atoms with E-state index < -0.39 is 5.54 Å². The van der Waals surface area contributed by atoms with E-state index in [9.17, 15) is 4.79 Å². The fraction of sp³-hybridized carbons (Fsp3) is 0.462. The van der Waals surface area contributed by atoms with E-state index in [2.05, 4.69) is 10.6 Å². The Kier molecular flexibility index (Phi) is 4.54. The van der Waals surface area contributed by atoms with Gasteiger partial charge in [0.05, 0.1) is 16.2 Å². The molecule has 4 heteroatoms. The lowest BCUT2D eigenvalue weighted by Crippen LogP contribution is -2.49. The van der Waals surface area contributed by atoms with E-state index in [1.165, 1.54) is 0 Å². The van der Waals surface area contributed by atoms with Crippen LogP contribution in [0.5, 0.6) is 0 Å². The molecule has 0 unspecified atom stereocenters. The maximum Gasteiger partial charge on any atom is 0.244 e. The SMILES string of the molecule is CCNC(C)(C)C(=O)Nc1cc(C)ccc1Cl. The predicted molar refractivity (Wildman–Crippen MR) is 72.6 cm³/mol. The minimum Gasteiger partial charge on any atom is -0.323 e. The quantitative estimate of drug-likeness (QED) is 0.867. The highest BCUT2D eigenvalue weighted by Crippen LogP contribution is 2.23. The summed E-state index contributed by atoms with van der Waals surface area (Å²) in [6, 6.07) is 5.56. The Bertz CT molecular complexity index is 416. The fourth-order valence-electron chi connectivity index (χ4n) is 1.54. The lowest BCUT2D eigenvalue weighted by Gasteiger charge is -2.24. The van der Waals surface area contributed by atoms with Gasteiger partial charge in [0.15, 0.2) is 0 Å². The van der Waals surface area contributed by atoms with E-state index >= 15 is 0 Å². The number of nitrogens with one attached hydrogen (secondary N) is 2. The Morgan fingerprint density at radius 2 is 2.06 bits per heavy atom. The van der Waals surface area contributed by atoms with Gasteiger partial charge in [-0.2, -0.15) is 0 Å². The van der Waals surface area contributed by atoms with E-state index in [1.807, 2.05) is 39.8 Å². The Morgan fingerprint density at radius 1 is 1.41 bits per heavy atom. The highest BCUT2D eigenvalue weighted by Gasteiger charge is 2.26. The molecule has 0 heterocycles. The molecule has 0 fully saturated rings. The van der Waals surface area contributed by atoms with E-state index in [1.54, 1.807) is 6.07 Å². The van der Waals surface area contributed by atoms with Crippen LogP contribution >= 0.6 is 11.6 Å². The van der Waals surface area contributed by atoms with Crippen LogP contribution in [0, 0.1) is 6.92 Å². The van der Waals surface area contributed by atoms with Crippen LogP contribution in [-0.4, -0.2) is 18.0 Å². The van der Waals surface area contributed by atoms with Crippen LogP contribution in [0.4, 0.5) is 5.69 Å². The number of rotatable bonds is 4. The number of likely N-dealkylation sites (N-methyl/N-ethyl adjacent to an activating group) is 1. The van der Waals surface area contributed by atoms with Gasteiger partial charge in [-0.05, 0) is 45.0 Å². The third-order valence-corrected chi connectivity index (χ3v) is 2.89. The summed E-state index contributed by atoms with van der Waals surface area (Å²) in [7, 11) is 0. The molecule has 0 saturated heterocycles. The highest BCUT2D eigenvalue weighted by molar-refractivity contribution is 6.33. The van der Waals surface area contributed by atoms with E-state index in [0.29, 0.717) is 10.7 Å². The summed E-state index contributed by atoms with van der Waals surface area (Å²) in [5.74, 6) is -0.0909. The number of amides is 1. The maximum absolute atomic E-state index is 12.1. The van der Waals surface area contributed by atoms with Crippen LogP contribution < -0.4 is 10.6 Å². The molecule has 0 spiro atoms. The first-order valence-corrected chi connectivity index (χ1v) is 6.07. The molecule has 0 saturated carbocycles. The molecule has 0 bridgehead atoms. The average Bonchev–Trinajstić information content (AvgIpc) is 2.23. The highest BCUT2D eigenvalue weighted by atomic mass is 35.5. The molecule has 0 radical (unpaired) electrons. The molecular formula is C13H19ClN2O. The normalized spacial score (nSPS) is 11.4. The topological polar surface area (TPSA) is 41.1 Å². The first-order chi connectivity index (χ1) is 7.86. The van der Waals surface area contributed by atoms with E-state index in [0.717, 1.165) is 12.1 Å². The smallest absolute Gasteiger partial charge is 0.244 e. The summed E-state index contributed by atoms with van der Waals surface area (Å²) in [5, 5.41) is 6.52. The number of hydrogen-bond acceptors (Lipinski definition) is 2. The minimum atomic E-state index is -0.609. The maximum atomic E-state index is 12.1. The van der Waals surface area contributed by atoms with Gasteiger partial charge in [0.25, 0.3) is 0 Å². The third kappa shape index (κ3) is 3.72. The zero-order valence-corrected chi connectivity index (χ0v) is 11.5. The second kappa shape index (κ2) is 5.52. The van der Waals surface area contributed by atoms with Gasteiger partial charge < -0.3 is 10.6 Å². The number of aryl methyl sites for hydroxylation is 1. The molecule has 0 aliphatic carbocycles. The van der Waals surface area contributed by atoms with E-state index in [4.69, 9.17) is 11.6 Å². The molecule has 17 heavy (non-hydrogen) atoms. The molecule has 0 aromatic heterocycles. The Labute approximate surface area is 108 Å². The average molecular weight is 255 g/mol. The number of carbonyl (C=O) groups excluding carboxylic acids is 1. The Morgan fingerprint density at radius 3 is 2.65 bits per heavy atom. The van der Waals surface area contributed by atoms with Gasteiger partial charge >= 0.3 is 0 Å². The van der Waals surface area contributed by atoms with Crippen LogP contribution in [0.3, 0.4) is 0 Å². The van der Waals surface area contributed by atoms with Gasteiger partial charge in [0, 0.05) is 0 Å².